The van der Waals surface area contributed by atoms with Gasteiger partial charge in [-0.2, -0.15) is 5.10 Å². The Bertz CT molecular complexity index is 552. The number of rotatable bonds is 6. The average Bonchev–Trinajstić information content (AvgIpc) is 2.73. The maximum absolute atomic E-state index is 11.9. The third kappa shape index (κ3) is 3.94. The number of unbranched alkanes of at least 4 members (excludes halogenated alkanes) is 1. The predicted molar refractivity (Wildman–Crippen MR) is 73.0 cm³/mol. The summed E-state index contributed by atoms with van der Waals surface area (Å²) in [5, 5.41) is 8.98. The zero-order valence-corrected chi connectivity index (χ0v) is 12.7. The van der Waals surface area contributed by atoms with Crippen LogP contribution in [0.2, 0.25) is 0 Å². The number of hydrogen-bond donors (Lipinski definition) is 2. The summed E-state index contributed by atoms with van der Waals surface area (Å²) in [5.41, 5.74) is 0.172. The maximum Gasteiger partial charge on any atom is 0.273 e. The quantitative estimate of drug-likeness (QED) is 0.621. The Balaban J connectivity index is 3.12. The topological polar surface area (TPSA) is 91.9 Å². The van der Waals surface area contributed by atoms with E-state index in [9.17, 15) is 13.2 Å². The molecule has 6 nitrogen and oxygen atoms in total. The van der Waals surface area contributed by atoms with Crippen molar-refractivity contribution < 1.29 is 13.2 Å². The third-order valence-electron chi connectivity index (χ3n) is 2.60. The monoisotopic (exact) mass is 307 g/mol. The highest BCUT2D eigenvalue weighted by Gasteiger charge is 2.29. The van der Waals surface area contributed by atoms with Crippen LogP contribution in [0.15, 0.2) is 4.90 Å². The lowest BCUT2D eigenvalue weighted by Gasteiger charge is -2.05. The SMILES string of the molecule is CCCCNC(=O)c1n[nH]c(C(C)C)c1S(=O)(=O)Cl. The van der Waals surface area contributed by atoms with Gasteiger partial charge in [-0.1, -0.05) is 27.2 Å². The van der Waals surface area contributed by atoms with Gasteiger partial charge in [0.2, 0.25) is 0 Å². The Morgan fingerprint density at radius 3 is 2.58 bits per heavy atom. The summed E-state index contributed by atoms with van der Waals surface area (Å²) in [7, 11) is 1.37. The van der Waals surface area contributed by atoms with Crippen molar-refractivity contribution in [2.24, 2.45) is 0 Å². The van der Waals surface area contributed by atoms with E-state index in [1.807, 2.05) is 6.92 Å². The van der Waals surface area contributed by atoms with Gasteiger partial charge in [0.1, 0.15) is 4.90 Å². The van der Waals surface area contributed by atoms with E-state index >= 15 is 0 Å². The fourth-order valence-electron chi connectivity index (χ4n) is 1.60. The molecule has 0 aromatic carbocycles. The Kier molecular flexibility index (Phi) is 5.37. The number of aromatic amines is 1. The molecule has 19 heavy (non-hydrogen) atoms. The van der Waals surface area contributed by atoms with Gasteiger partial charge in [-0.05, 0) is 12.3 Å². The Morgan fingerprint density at radius 2 is 2.11 bits per heavy atom. The first kappa shape index (κ1) is 16.0. The zero-order valence-electron chi connectivity index (χ0n) is 11.2. The standard InChI is InChI=1S/C11H18ClN3O3S/c1-4-5-6-13-11(16)9-10(19(12,17)18)8(7(2)3)14-15-9/h7H,4-6H2,1-3H3,(H,13,16)(H,14,15). The number of halogens is 1. The molecule has 1 heterocycles. The van der Waals surface area contributed by atoms with Gasteiger partial charge in [0.25, 0.3) is 15.0 Å². The largest absolute Gasteiger partial charge is 0.351 e. The minimum absolute atomic E-state index is 0.131. The molecular weight excluding hydrogens is 290 g/mol. The summed E-state index contributed by atoms with van der Waals surface area (Å²) in [6.07, 6.45) is 1.74. The predicted octanol–water partition coefficient (Wildman–Crippen LogP) is 1.99. The molecular formula is C11H18ClN3O3S. The Morgan fingerprint density at radius 1 is 1.47 bits per heavy atom. The van der Waals surface area contributed by atoms with Crippen molar-refractivity contribution in [3.05, 3.63) is 11.4 Å². The molecule has 8 heteroatoms. The van der Waals surface area contributed by atoms with Crippen molar-refractivity contribution in [3.63, 3.8) is 0 Å². The number of hydrogen-bond acceptors (Lipinski definition) is 4. The molecule has 2 N–H and O–H groups in total. The van der Waals surface area contributed by atoms with E-state index < -0.39 is 15.0 Å². The smallest absolute Gasteiger partial charge is 0.273 e. The van der Waals surface area contributed by atoms with Gasteiger partial charge in [0.05, 0.1) is 5.69 Å². The van der Waals surface area contributed by atoms with Crippen LogP contribution in [0.4, 0.5) is 0 Å². The molecule has 0 radical (unpaired) electrons. The summed E-state index contributed by atoms with van der Waals surface area (Å²) in [6, 6.07) is 0. The molecule has 0 bridgehead atoms. The summed E-state index contributed by atoms with van der Waals surface area (Å²) in [6.45, 7) is 6.04. The molecule has 1 rings (SSSR count). The third-order valence-corrected chi connectivity index (χ3v) is 3.96. The summed E-state index contributed by atoms with van der Waals surface area (Å²) in [5.74, 6) is -0.663. The normalized spacial score (nSPS) is 11.8. The van der Waals surface area contributed by atoms with Crippen molar-refractivity contribution >= 4 is 25.6 Å². The van der Waals surface area contributed by atoms with Crippen molar-refractivity contribution in [2.45, 2.75) is 44.4 Å². The minimum Gasteiger partial charge on any atom is -0.351 e. The number of nitrogens with zero attached hydrogens (tertiary/aromatic N) is 1. The van der Waals surface area contributed by atoms with Crippen LogP contribution in [0.25, 0.3) is 0 Å². The van der Waals surface area contributed by atoms with Crippen molar-refractivity contribution in [1.29, 1.82) is 0 Å². The lowest BCUT2D eigenvalue weighted by molar-refractivity contribution is 0.0945. The van der Waals surface area contributed by atoms with Gasteiger partial charge in [0.15, 0.2) is 5.69 Å². The van der Waals surface area contributed by atoms with Gasteiger partial charge in [-0.25, -0.2) is 8.42 Å². The molecule has 0 saturated carbocycles. The van der Waals surface area contributed by atoms with E-state index in [2.05, 4.69) is 15.5 Å². The molecule has 108 valence electrons. The van der Waals surface area contributed by atoms with Crippen LogP contribution in [0, 0.1) is 0 Å². The highest BCUT2D eigenvalue weighted by atomic mass is 35.7. The Hall–Kier alpha value is -1.08. The number of aromatic nitrogens is 2. The van der Waals surface area contributed by atoms with E-state index in [-0.39, 0.29) is 16.5 Å². The first-order chi connectivity index (χ1) is 8.79. The highest BCUT2D eigenvalue weighted by Crippen LogP contribution is 2.27. The number of nitrogens with one attached hydrogen (secondary N) is 2. The summed E-state index contributed by atoms with van der Waals surface area (Å²) < 4.78 is 23.2. The minimum atomic E-state index is -4.02. The first-order valence-corrected chi connectivity index (χ1v) is 8.41. The van der Waals surface area contributed by atoms with E-state index in [1.54, 1.807) is 13.8 Å². The van der Waals surface area contributed by atoms with E-state index in [4.69, 9.17) is 10.7 Å². The van der Waals surface area contributed by atoms with Gasteiger partial charge >= 0.3 is 0 Å². The molecule has 1 amide bonds. The van der Waals surface area contributed by atoms with Gasteiger partial charge < -0.3 is 5.32 Å². The highest BCUT2D eigenvalue weighted by molar-refractivity contribution is 8.13. The van der Waals surface area contributed by atoms with Crippen LogP contribution in [0.3, 0.4) is 0 Å². The molecule has 0 aliphatic carbocycles. The molecule has 0 atom stereocenters. The van der Waals surface area contributed by atoms with Crippen LogP contribution in [-0.2, 0) is 9.05 Å². The second-order valence-electron chi connectivity index (χ2n) is 4.52. The van der Waals surface area contributed by atoms with Gasteiger partial charge in [0, 0.05) is 17.2 Å². The molecule has 0 aliphatic rings. The molecule has 1 aromatic heterocycles. The fraction of sp³-hybridized carbons (Fsp3) is 0.636. The molecule has 0 spiro atoms. The number of carbonyl (C=O) groups is 1. The number of amides is 1. The average molecular weight is 308 g/mol. The molecule has 1 aromatic rings. The van der Waals surface area contributed by atoms with E-state index in [0.717, 1.165) is 12.8 Å². The molecule has 0 unspecified atom stereocenters. The van der Waals surface area contributed by atoms with Gasteiger partial charge in [-0.3, -0.25) is 9.89 Å². The van der Waals surface area contributed by atoms with Crippen LogP contribution in [0.1, 0.15) is 55.7 Å². The van der Waals surface area contributed by atoms with E-state index in [0.29, 0.717) is 12.2 Å². The Labute approximate surface area is 117 Å². The maximum atomic E-state index is 11.9. The van der Waals surface area contributed by atoms with Crippen LogP contribution < -0.4 is 5.32 Å². The second kappa shape index (κ2) is 6.38. The lowest BCUT2D eigenvalue weighted by Crippen LogP contribution is -2.26. The lowest BCUT2D eigenvalue weighted by atomic mass is 10.1. The van der Waals surface area contributed by atoms with Gasteiger partial charge in [-0.15, -0.1) is 0 Å². The second-order valence-corrected chi connectivity index (χ2v) is 7.02. The van der Waals surface area contributed by atoms with Crippen LogP contribution >= 0.6 is 10.7 Å². The molecule has 0 aliphatic heterocycles. The summed E-state index contributed by atoms with van der Waals surface area (Å²) >= 11 is 0. The number of H-pyrrole nitrogens is 1. The van der Waals surface area contributed by atoms with Crippen molar-refractivity contribution in [3.8, 4) is 0 Å². The van der Waals surface area contributed by atoms with E-state index in [1.165, 1.54) is 0 Å². The van der Waals surface area contributed by atoms with Crippen LogP contribution in [-0.4, -0.2) is 31.1 Å². The first-order valence-electron chi connectivity index (χ1n) is 6.10. The fourth-order valence-corrected chi connectivity index (χ4v) is 2.98. The zero-order chi connectivity index (χ0) is 14.6. The van der Waals surface area contributed by atoms with Crippen LogP contribution in [0.5, 0.6) is 0 Å². The van der Waals surface area contributed by atoms with Crippen molar-refractivity contribution in [2.75, 3.05) is 6.54 Å². The molecule has 0 fully saturated rings. The number of carbonyl (C=O) groups excluding carboxylic acids is 1. The van der Waals surface area contributed by atoms with Crippen molar-refractivity contribution in [1.82, 2.24) is 15.5 Å². The summed E-state index contributed by atoms with van der Waals surface area (Å²) in [4.78, 5) is 11.7. The molecule has 0 saturated heterocycles.